The Morgan fingerprint density at radius 2 is 2.06 bits per heavy atom. The Labute approximate surface area is 105 Å². The second-order valence-electron chi connectivity index (χ2n) is 4.23. The molecule has 1 aromatic carbocycles. The first-order chi connectivity index (χ1) is 8.65. The molecule has 1 heterocycles. The summed E-state index contributed by atoms with van der Waals surface area (Å²) in [4.78, 5) is 13.4. The molecule has 1 amide bonds. The zero-order valence-corrected chi connectivity index (χ0v) is 9.97. The van der Waals surface area contributed by atoms with Crippen molar-refractivity contribution in [3.63, 3.8) is 0 Å². The van der Waals surface area contributed by atoms with Crippen molar-refractivity contribution in [2.24, 2.45) is 0 Å². The highest BCUT2D eigenvalue weighted by atomic mass is 16.2. The average molecular weight is 240 g/mol. The summed E-state index contributed by atoms with van der Waals surface area (Å²) >= 11 is 0. The van der Waals surface area contributed by atoms with E-state index in [1.807, 2.05) is 12.1 Å². The molecule has 5 nitrogen and oxygen atoms in total. The number of hydrogen-bond donors (Lipinski definition) is 1. The Kier molecular flexibility index (Phi) is 3.16. The quantitative estimate of drug-likeness (QED) is 0.838. The van der Waals surface area contributed by atoms with E-state index in [9.17, 15) is 4.79 Å². The lowest BCUT2D eigenvalue weighted by atomic mass is 10.1. The van der Waals surface area contributed by atoms with Gasteiger partial charge in [0.15, 0.2) is 0 Å². The molecule has 0 radical (unpaired) electrons. The van der Waals surface area contributed by atoms with Crippen molar-refractivity contribution in [2.45, 2.75) is 12.5 Å². The molecule has 1 aliphatic heterocycles. The second kappa shape index (κ2) is 4.77. The summed E-state index contributed by atoms with van der Waals surface area (Å²) in [7, 11) is 1.77. The first-order valence-corrected chi connectivity index (χ1v) is 5.61. The van der Waals surface area contributed by atoms with Crippen LogP contribution in [0.1, 0.15) is 17.5 Å². The van der Waals surface area contributed by atoms with Crippen LogP contribution < -0.4 is 5.32 Å². The van der Waals surface area contributed by atoms with Gasteiger partial charge in [-0.2, -0.15) is 10.5 Å². The number of likely N-dealkylation sites (N-methyl/N-ethyl adjacent to an activating group) is 1. The van der Waals surface area contributed by atoms with Gasteiger partial charge in [-0.1, -0.05) is 0 Å². The first kappa shape index (κ1) is 11.9. The van der Waals surface area contributed by atoms with E-state index in [-0.39, 0.29) is 11.9 Å². The van der Waals surface area contributed by atoms with Crippen LogP contribution >= 0.6 is 0 Å². The maximum atomic E-state index is 11.7. The van der Waals surface area contributed by atoms with E-state index in [0.29, 0.717) is 16.8 Å². The molecule has 90 valence electrons. The number of nitrogens with one attached hydrogen (secondary N) is 1. The van der Waals surface area contributed by atoms with Crippen LogP contribution in [0, 0.1) is 22.7 Å². The van der Waals surface area contributed by atoms with Crippen LogP contribution in [0.3, 0.4) is 0 Å². The van der Waals surface area contributed by atoms with Gasteiger partial charge in [0, 0.05) is 19.3 Å². The average Bonchev–Trinajstić information content (AvgIpc) is 2.70. The van der Waals surface area contributed by atoms with Gasteiger partial charge >= 0.3 is 0 Å². The minimum atomic E-state index is -0.241. The van der Waals surface area contributed by atoms with Gasteiger partial charge in [0.25, 0.3) is 0 Å². The summed E-state index contributed by atoms with van der Waals surface area (Å²) in [6, 6.07) is 8.59. The Morgan fingerprint density at radius 1 is 1.33 bits per heavy atom. The fraction of sp³-hybridized carbons (Fsp3) is 0.308. The number of anilines is 1. The molecule has 2 rings (SSSR count). The predicted octanol–water partition coefficient (Wildman–Crippen LogP) is 1.07. The maximum absolute atomic E-state index is 11.7. The predicted molar refractivity (Wildman–Crippen MR) is 65.5 cm³/mol. The summed E-state index contributed by atoms with van der Waals surface area (Å²) in [5, 5.41) is 20.8. The number of likely N-dealkylation sites (tertiary alicyclic amines) is 1. The molecule has 1 N–H and O–H groups in total. The van der Waals surface area contributed by atoms with Crippen LogP contribution in [0.15, 0.2) is 18.2 Å². The highest BCUT2D eigenvalue weighted by Gasteiger charge is 2.28. The monoisotopic (exact) mass is 240 g/mol. The number of amides is 1. The topological polar surface area (TPSA) is 79.9 Å². The van der Waals surface area contributed by atoms with E-state index < -0.39 is 0 Å². The molecule has 1 unspecified atom stereocenters. The largest absolute Gasteiger partial charge is 0.374 e. The highest BCUT2D eigenvalue weighted by molar-refractivity contribution is 5.86. The van der Waals surface area contributed by atoms with Gasteiger partial charge in [0.1, 0.15) is 18.2 Å². The van der Waals surface area contributed by atoms with E-state index in [1.54, 1.807) is 30.1 Å². The lowest BCUT2D eigenvalue weighted by molar-refractivity contribution is -0.127. The van der Waals surface area contributed by atoms with Gasteiger partial charge in [0.2, 0.25) is 5.91 Å². The maximum Gasteiger partial charge on any atom is 0.244 e. The minimum Gasteiger partial charge on any atom is -0.374 e. The molecule has 0 saturated carbocycles. The minimum absolute atomic E-state index is 0.0536. The van der Waals surface area contributed by atoms with E-state index in [2.05, 4.69) is 5.32 Å². The molecular weight excluding hydrogens is 228 g/mol. The Morgan fingerprint density at radius 3 is 2.61 bits per heavy atom. The summed E-state index contributed by atoms with van der Waals surface area (Å²) in [5.41, 5.74) is 1.36. The van der Waals surface area contributed by atoms with Crippen molar-refractivity contribution in [1.29, 1.82) is 10.5 Å². The number of nitriles is 2. The summed E-state index contributed by atoms with van der Waals surface area (Å²) < 4.78 is 0. The van der Waals surface area contributed by atoms with Crippen molar-refractivity contribution in [3.8, 4) is 12.1 Å². The van der Waals surface area contributed by atoms with E-state index >= 15 is 0 Å². The van der Waals surface area contributed by atoms with E-state index in [0.717, 1.165) is 13.0 Å². The normalized spacial score (nSPS) is 18.3. The van der Waals surface area contributed by atoms with Crippen LogP contribution in [0.5, 0.6) is 0 Å². The van der Waals surface area contributed by atoms with Gasteiger partial charge in [-0.25, -0.2) is 0 Å². The number of carbonyl (C=O) groups excluding carboxylic acids is 1. The third kappa shape index (κ3) is 2.11. The van der Waals surface area contributed by atoms with Gasteiger partial charge in [-0.15, -0.1) is 0 Å². The lowest BCUT2D eigenvalue weighted by Gasteiger charge is -2.13. The molecule has 1 aromatic rings. The van der Waals surface area contributed by atoms with Crippen LogP contribution in [0.25, 0.3) is 0 Å². The lowest BCUT2D eigenvalue weighted by Crippen LogP contribution is -2.30. The van der Waals surface area contributed by atoms with Crippen molar-refractivity contribution in [3.05, 3.63) is 29.3 Å². The SMILES string of the molecule is CN1CCC(Nc2ccc(C#N)c(C#N)c2)C1=O. The zero-order chi connectivity index (χ0) is 13.1. The summed E-state index contributed by atoms with van der Waals surface area (Å²) in [5.74, 6) is 0.0536. The molecule has 18 heavy (non-hydrogen) atoms. The second-order valence-corrected chi connectivity index (χ2v) is 4.23. The molecular formula is C13H12N4O. The van der Waals surface area contributed by atoms with Gasteiger partial charge in [-0.3, -0.25) is 4.79 Å². The van der Waals surface area contributed by atoms with Crippen molar-refractivity contribution in [1.82, 2.24) is 4.90 Å². The zero-order valence-electron chi connectivity index (χ0n) is 9.97. The number of nitrogens with zero attached hydrogens (tertiary/aromatic N) is 3. The van der Waals surface area contributed by atoms with E-state index in [4.69, 9.17) is 10.5 Å². The molecule has 1 saturated heterocycles. The fourth-order valence-electron chi connectivity index (χ4n) is 1.98. The van der Waals surface area contributed by atoms with Gasteiger partial charge < -0.3 is 10.2 Å². The molecule has 0 aliphatic carbocycles. The fourth-order valence-corrected chi connectivity index (χ4v) is 1.98. The molecule has 1 aliphatic rings. The van der Waals surface area contributed by atoms with Crippen LogP contribution in [0.4, 0.5) is 5.69 Å². The third-order valence-corrected chi connectivity index (χ3v) is 3.03. The van der Waals surface area contributed by atoms with Crippen LogP contribution in [0.2, 0.25) is 0 Å². The third-order valence-electron chi connectivity index (χ3n) is 3.03. The summed E-state index contributed by atoms with van der Waals surface area (Å²) in [6.07, 6.45) is 0.747. The van der Waals surface area contributed by atoms with Crippen LogP contribution in [-0.2, 0) is 4.79 Å². The highest BCUT2D eigenvalue weighted by Crippen LogP contribution is 2.19. The smallest absolute Gasteiger partial charge is 0.244 e. The van der Waals surface area contributed by atoms with Crippen LogP contribution in [-0.4, -0.2) is 30.4 Å². The Hall–Kier alpha value is -2.53. The molecule has 1 atom stereocenters. The number of benzene rings is 1. The van der Waals surface area contributed by atoms with Gasteiger partial charge in [-0.05, 0) is 24.6 Å². The molecule has 0 spiro atoms. The van der Waals surface area contributed by atoms with Crippen molar-refractivity contribution < 1.29 is 4.79 Å². The van der Waals surface area contributed by atoms with Gasteiger partial charge in [0.05, 0.1) is 11.1 Å². The first-order valence-electron chi connectivity index (χ1n) is 5.61. The Bertz CT molecular complexity index is 567. The van der Waals surface area contributed by atoms with Crippen molar-refractivity contribution in [2.75, 3.05) is 18.9 Å². The van der Waals surface area contributed by atoms with Crippen molar-refractivity contribution >= 4 is 11.6 Å². The van der Waals surface area contributed by atoms with E-state index in [1.165, 1.54) is 0 Å². The Balaban J connectivity index is 2.19. The molecule has 5 heteroatoms. The number of hydrogen-bond acceptors (Lipinski definition) is 4. The number of carbonyl (C=O) groups is 1. The molecule has 0 bridgehead atoms. The molecule has 0 aromatic heterocycles. The standard InChI is InChI=1S/C13H12N4O/c1-17-5-4-12(13(17)18)16-11-3-2-9(7-14)10(6-11)8-15/h2-3,6,12,16H,4-5H2,1H3. The summed E-state index contributed by atoms with van der Waals surface area (Å²) in [6.45, 7) is 0.734. The molecule has 1 fully saturated rings. The number of rotatable bonds is 2.